The van der Waals surface area contributed by atoms with Crippen molar-refractivity contribution < 1.29 is 23.9 Å². The third-order valence-corrected chi connectivity index (χ3v) is 5.17. The zero-order chi connectivity index (χ0) is 22.8. The molecule has 1 unspecified atom stereocenters. The molecule has 1 saturated heterocycles. The van der Waals surface area contributed by atoms with Crippen molar-refractivity contribution in [3.8, 4) is 0 Å². The molecule has 0 N–H and O–H groups in total. The SMILES string of the molecule is COC(=O)c1ccc(N2C(=O)CC(N(C(=O)Cc3ccccc3)C(C)(C)C)C2=O)cc1. The molecule has 0 saturated carbocycles. The number of hydrogen-bond donors (Lipinski definition) is 0. The van der Waals surface area contributed by atoms with E-state index in [0.717, 1.165) is 10.5 Å². The van der Waals surface area contributed by atoms with Gasteiger partial charge in [0, 0.05) is 5.54 Å². The van der Waals surface area contributed by atoms with Crippen LogP contribution < -0.4 is 4.90 Å². The number of hydrogen-bond acceptors (Lipinski definition) is 5. The Morgan fingerprint density at radius 3 is 2.19 bits per heavy atom. The average Bonchev–Trinajstić information content (AvgIpc) is 3.00. The number of nitrogens with zero attached hydrogens (tertiary/aromatic N) is 2. The fourth-order valence-electron chi connectivity index (χ4n) is 3.82. The Morgan fingerprint density at radius 1 is 1.03 bits per heavy atom. The molecule has 1 atom stereocenters. The second-order valence-electron chi connectivity index (χ2n) is 8.42. The van der Waals surface area contributed by atoms with Gasteiger partial charge in [-0.3, -0.25) is 14.4 Å². The van der Waals surface area contributed by atoms with Crippen LogP contribution in [0.15, 0.2) is 54.6 Å². The Bertz CT molecular complexity index is 993. The van der Waals surface area contributed by atoms with Gasteiger partial charge in [0.05, 0.1) is 31.2 Å². The second kappa shape index (κ2) is 8.71. The van der Waals surface area contributed by atoms with Gasteiger partial charge in [-0.1, -0.05) is 30.3 Å². The topological polar surface area (TPSA) is 84.0 Å². The second-order valence-corrected chi connectivity index (χ2v) is 8.42. The molecule has 7 heteroatoms. The summed E-state index contributed by atoms with van der Waals surface area (Å²) in [4.78, 5) is 53.4. The Balaban J connectivity index is 1.86. The minimum atomic E-state index is -0.885. The summed E-state index contributed by atoms with van der Waals surface area (Å²) in [5.74, 6) is -1.56. The fraction of sp³-hybridized carbons (Fsp3) is 0.333. The summed E-state index contributed by atoms with van der Waals surface area (Å²) < 4.78 is 4.67. The molecule has 3 amide bonds. The molecule has 1 aliphatic rings. The summed E-state index contributed by atoms with van der Waals surface area (Å²) >= 11 is 0. The third-order valence-electron chi connectivity index (χ3n) is 5.17. The summed E-state index contributed by atoms with van der Waals surface area (Å²) in [6, 6.07) is 14.5. The lowest BCUT2D eigenvalue weighted by Crippen LogP contribution is -2.55. The van der Waals surface area contributed by atoms with E-state index in [9.17, 15) is 19.2 Å². The van der Waals surface area contributed by atoms with Gasteiger partial charge in [0.1, 0.15) is 6.04 Å². The molecule has 0 aromatic heterocycles. The number of carbonyl (C=O) groups is 4. The molecule has 0 radical (unpaired) electrons. The first kappa shape index (κ1) is 22.2. The molecular formula is C24H26N2O5. The van der Waals surface area contributed by atoms with Crippen LogP contribution >= 0.6 is 0 Å². The van der Waals surface area contributed by atoms with Gasteiger partial charge in [-0.15, -0.1) is 0 Å². The standard InChI is InChI=1S/C24H26N2O5/c1-24(2,3)26(21(28)14-16-8-6-5-7-9-16)19-15-20(27)25(22(19)29)18-12-10-17(11-13-18)23(30)31-4/h5-13,19H,14-15H2,1-4H3. The van der Waals surface area contributed by atoms with E-state index in [1.165, 1.54) is 36.3 Å². The van der Waals surface area contributed by atoms with Gasteiger partial charge in [-0.2, -0.15) is 0 Å². The van der Waals surface area contributed by atoms with Crippen LogP contribution in [0.25, 0.3) is 0 Å². The molecule has 2 aromatic rings. The number of anilines is 1. The van der Waals surface area contributed by atoms with Crippen LogP contribution in [-0.4, -0.2) is 47.3 Å². The summed E-state index contributed by atoms with van der Waals surface area (Å²) in [5.41, 5.74) is 0.858. The maximum atomic E-state index is 13.3. The molecule has 1 heterocycles. The minimum absolute atomic E-state index is 0.0879. The first-order valence-electron chi connectivity index (χ1n) is 10.0. The highest BCUT2D eigenvalue weighted by molar-refractivity contribution is 6.23. The van der Waals surface area contributed by atoms with Crippen molar-refractivity contribution in [3.63, 3.8) is 0 Å². The van der Waals surface area contributed by atoms with Crippen LogP contribution in [0.5, 0.6) is 0 Å². The van der Waals surface area contributed by atoms with Crippen LogP contribution in [0.2, 0.25) is 0 Å². The number of esters is 1. The lowest BCUT2D eigenvalue weighted by atomic mass is 9.99. The van der Waals surface area contributed by atoms with Gasteiger partial charge in [0.25, 0.3) is 5.91 Å². The largest absolute Gasteiger partial charge is 0.465 e. The first-order chi connectivity index (χ1) is 14.6. The lowest BCUT2D eigenvalue weighted by Gasteiger charge is -2.39. The Labute approximate surface area is 181 Å². The zero-order valence-corrected chi connectivity index (χ0v) is 18.1. The summed E-state index contributed by atoms with van der Waals surface area (Å²) in [6.07, 6.45) is 0.0549. The number of amides is 3. The van der Waals surface area contributed by atoms with E-state index in [4.69, 9.17) is 0 Å². The van der Waals surface area contributed by atoms with Crippen LogP contribution in [0.1, 0.15) is 43.1 Å². The predicted octanol–water partition coefficient (Wildman–Crippen LogP) is 2.97. The molecule has 7 nitrogen and oxygen atoms in total. The van der Waals surface area contributed by atoms with Gasteiger partial charge in [0.2, 0.25) is 11.8 Å². The van der Waals surface area contributed by atoms with Gasteiger partial charge >= 0.3 is 5.97 Å². The highest BCUT2D eigenvalue weighted by Crippen LogP contribution is 2.30. The van der Waals surface area contributed by atoms with Crippen molar-refractivity contribution >= 4 is 29.4 Å². The van der Waals surface area contributed by atoms with E-state index < -0.39 is 23.5 Å². The van der Waals surface area contributed by atoms with Crippen molar-refractivity contribution in [2.45, 2.75) is 45.2 Å². The number of methoxy groups -OCH3 is 1. The van der Waals surface area contributed by atoms with Gasteiger partial charge < -0.3 is 9.64 Å². The number of rotatable bonds is 5. The van der Waals surface area contributed by atoms with E-state index >= 15 is 0 Å². The summed E-state index contributed by atoms with van der Waals surface area (Å²) in [5, 5.41) is 0. The van der Waals surface area contributed by atoms with E-state index in [0.29, 0.717) is 11.3 Å². The molecule has 0 aliphatic carbocycles. The van der Waals surface area contributed by atoms with E-state index in [2.05, 4.69) is 4.74 Å². The van der Waals surface area contributed by atoms with Crippen molar-refractivity contribution in [1.82, 2.24) is 4.90 Å². The Hall–Kier alpha value is -3.48. The van der Waals surface area contributed by atoms with E-state index in [-0.39, 0.29) is 24.7 Å². The summed E-state index contributed by atoms with van der Waals surface area (Å²) in [6.45, 7) is 5.55. The van der Waals surface area contributed by atoms with Crippen molar-refractivity contribution in [1.29, 1.82) is 0 Å². The van der Waals surface area contributed by atoms with Crippen molar-refractivity contribution in [3.05, 3.63) is 65.7 Å². The monoisotopic (exact) mass is 422 g/mol. The lowest BCUT2D eigenvalue weighted by molar-refractivity contribution is -0.143. The Morgan fingerprint density at radius 2 is 1.65 bits per heavy atom. The van der Waals surface area contributed by atoms with Crippen molar-refractivity contribution in [2.75, 3.05) is 12.0 Å². The molecule has 1 fully saturated rings. The van der Waals surface area contributed by atoms with Gasteiger partial charge in [0.15, 0.2) is 0 Å². The molecule has 162 valence electrons. The normalized spacial score (nSPS) is 16.4. The number of ether oxygens (including phenoxy) is 1. The molecule has 0 bridgehead atoms. The molecule has 0 spiro atoms. The number of imide groups is 1. The third kappa shape index (κ3) is 4.66. The smallest absolute Gasteiger partial charge is 0.337 e. The predicted molar refractivity (Wildman–Crippen MR) is 115 cm³/mol. The van der Waals surface area contributed by atoms with E-state index in [1.807, 2.05) is 51.1 Å². The molecule has 3 rings (SSSR count). The van der Waals surface area contributed by atoms with E-state index in [1.54, 1.807) is 0 Å². The van der Waals surface area contributed by atoms with Crippen LogP contribution in [0.3, 0.4) is 0 Å². The Kier molecular flexibility index (Phi) is 6.24. The summed E-state index contributed by atoms with van der Waals surface area (Å²) in [7, 11) is 1.28. The maximum absolute atomic E-state index is 13.3. The average molecular weight is 422 g/mol. The quantitative estimate of drug-likeness (QED) is 0.546. The molecule has 2 aromatic carbocycles. The number of benzene rings is 2. The highest BCUT2D eigenvalue weighted by Gasteiger charge is 2.47. The molecule has 31 heavy (non-hydrogen) atoms. The van der Waals surface area contributed by atoms with Gasteiger partial charge in [-0.05, 0) is 50.6 Å². The van der Waals surface area contributed by atoms with Crippen molar-refractivity contribution in [2.24, 2.45) is 0 Å². The molecular weight excluding hydrogens is 396 g/mol. The zero-order valence-electron chi connectivity index (χ0n) is 18.1. The van der Waals surface area contributed by atoms with Gasteiger partial charge in [-0.25, -0.2) is 9.69 Å². The van der Waals surface area contributed by atoms with Crippen LogP contribution in [-0.2, 0) is 25.5 Å². The first-order valence-corrected chi connectivity index (χ1v) is 10.0. The molecule has 1 aliphatic heterocycles. The minimum Gasteiger partial charge on any atom is -0.465 e. The maximum Gasteiger partial charge on any atom is 0.337 e. The fourth-order valence-corrected chi connectivity index (χ4v) is 3.82. The van der Waals surface area contributed by atoms with Crippen LogP contribution in [0, 0.1) is 0 Å². The van der Waals surface area contributed by atoms with Crippen LogP contribution in [0.4, 0.5) is 5.69 Å². The highest BCUT2D eigenvalue weighted by atomic mass is 16.5. The number of carbonyl (C=O) groups excluding carboxylic acids is 4.